The van der Waals surface area contributed by atoms with E-state index in [9.17, 15) is 0 Å². The maximum Gasteiger partial charge on any atom is 0.216 e. The third-order valence-corrected chi connectivity index (χ3v) is 4.81. The largest absolute Gasteiger partial charge is 0.496 e. The normalized spacial score (nSPS) is 18.8. The monoisotopic (exact) mass is 357 g/mol. The van der Waals surface area contributed by atoms with Gasteiger partial charge < -0.3 is 15.2 Å². The van der Waals surface area contributed by atoms with E-state index in [1.807, 2.05) is 12.1 Å². The Kier molecular flexibility index (Phi) is 8.22. The predicted octanol–water partition coefficient (Wildman–Crippen LogP) is 3.37. The molecule has 0 aromatic heterocycles. The standard InChI is InChI=1S/C21H31N3O2/c1-17(21(26-3)23-13-12-22)15-24-14-6-7-18(16-24)10-11-19-8-4-5-9-20(19)25-2/h4-5,8-9,12-13,18H,1,6-7,10-11,14-16,22H2,2-3H3/b13-12-,23-21+. The molecule has 1 aromatic rings. The summed E-state index contributed by atoms with van der Waals surface area (Å²) in [7, 11) is 3.35. The first-order valence-electron chi connectivity index (χ1n) is 9.18. The van der Waals surface area contributed by atoms with E-state index in [0.29, 0.717) is 11.8 Å². The second-order valence-corrected chi connectivity index (χ2v) is 6.68. The van der Waals surface area contributed by atoms with Gasteiger partial charge in [-0.15, -0.1) is 0 Å². The van der Waals surface area contributed by atoms with Crippen molar-refractivity contribution in [3.05, 3.63) is 54.4 Å². The zero-order chi connectivity index (χ0) is 18.8. The van der Waals surface area contributed by atoms with E-state index in [-0.39, 0.29) is 0 Å². The Hall–Kier alpha value is -2.27. The fraction of sp³-hybridized carbons (Fsp3) is 0.476. The van der Waals surface area contributed by atoms with Crippen LogP contribution in [-0.4, -0.2) is 44.7 Å². The number of nitrogens with zero attached hydrogens (tertiary/aromatic N) is 2. The molecule has 1 aliphatic heterocycles. The van der Waals surface area contributed by atoms with Gasteiger partial charge in [0.1, 0.15) is 5.75 Å². The lowest BCUT2D eigenvalue weighted by Crippen LogP contribution is -2.37. The molecule has 26 heavy (non-hydrogen) atoms. The highest BCUT2D eigenvalue weighted by Crippen LogP contribution is 2.25. The second-order valence-electron chi connectivity index (χ2n) is 6.68. The fourth-order valence-electron chi connectivity index (χ4n) is 3.54. The van der Waals surface area contributed by atoms with Crippen LogP contribution in [-0.2, 0) is 11.2 Å². The summed E-state index contributed by atoms with van der Waals surface area (Å²) in [6.45, 7) is 7.07. The zero-order valence-electron chi connectivity index (χ0n) is 16.0. The lowest BCUT2D eigenvalue weighted by molar-refractivity contribution is 0.181. The Morgan fingerprint density at radius 1 is 1.38 bits per heavy atom. The van der Waals surface area contributed by atoms with Gasteiger partial charge in [0.25, 0.3) is 0 Å². The third kappa shape index (κ3) is 5.92. The molecule has 0 bridgehead atoms. The van der Waals surface area contributed by atoms with Gasteiger partial charge in [-0.25, -0.2) is 4.99 Å². The Labute approximate surface area is 157 Å². The summed E-state index contributed by atoms with van der Waals surface area (Å²) in [6.07, 6.45) is 7.63. The highest BCUT2D eigenvalue weighted by molar-refractivity contribution is 5.93. The molecule has 0 spiro atoms. The number of ether oxygens (including phenoxy) is 2. The predicted molar refractivity (Wildman–Crippen MR) is 107 cm³/mol. The number of rotatable bonds is 8. The van der Waals surface area contributed by atoms with E-state index in [0.717, 1.165) is 37.4 Å². The molecule has 5 nitrogen and oxygen atoms in total. The number of methoxy groups -OCH3 is 2. The molecule has 1 aliphatic rings. The first kappa shape index (κ1) is 20.0. The molecule has 0 radical (unpaired) electrons. The summed E-state index contributed by atoms with van der Waals surface area (Å²) < 4.78 is 10.8. The quantitative estimate of drug-likeness (QED) is 0.572. The molecule has 142 valence electrons. The van der Waals surface area contributed by atoms with Gasteiger partial charge in [-0.05, 0) is 49.8 Å². The fourth-order valence-corrected chi connectivity index (χ4v) is 3.54. The number of aryl methyl sites for hydroxylation is 1. The van der Waals surface area contributed by atoms with Crippen LogP contribution in [0.1, 0.15) is 24.8 Å². The molecule has 5 heteroatoms. The Balaban J connectivity index is 1.87. The summed E-state index contributed by atoms with van der Waals surface area (Å²) in [5, 5.41) is 0. The molecule has 1 saturated heterocycles. The Morgan fingerprint density at radius 2 is 2.19 bits per heavy atom. The van der Waals surface area contributed by atoms with E-state index in [2.05, 4.69) is 28.6 Å². The summed E-state index contributed by atoms with van der Waals surface area (Å²) in [4.78, 5) is 6.63. The van der Waals surface area contributed by atoms with Crippen LogP contribution in [0.3, 0.4) is 0 Å². The summed E-state index contributed by atoms with van der Waals surface area (Å²) in [6, 6.07) is 8.29. The van der Waals surface area contributed by atoms with Gasteiger partial charge in [-0.2, -0.15) is 0 Å². The van der Waals surface area contributed by atoms with Crippen LogP contribution >= 0.6 is 0 Å². The lowest BCUT2D eigenvalue weighted by Gasteiger charge is -2.33. The minimum absolute atomic E-state index is 0.544. The van der Waals surface area contributed by atoms with Crippen molar-refractivity contribution >= 4 is 5.90 Å². The van der Waals surface area contributed by atoms with Crippen LogP contribution in [0.5, 0.6) is 5.75 Å². The van der Waals surface area contributed by atoms with Crippen molar-refractivity contribution in [1.82, 2.24) is 4.90 Å². The molecule has 1 heterocycles. The van der Waals surface area contributed by atoms with E-state index in [1.165, 1.54) is 37.2 Å². The minimum Gasteiger partial charge on any atom is -0.496 e. The molecular formula is C21H31N3O2. The Morgan fingerprint density at radius 3 is 2.92 bits per heavy atom. The topological polar surface area (TPSA) is 60.1 Å². The number of benzene rings is 1. The van der Waals surface area contributed by atoms with Crippen LogP contribution in [0.25, 0.3) is 0 Å². The summed E-state index contributed by atoms with van der Waals surface area (Å²) >= 11 is 0. The van der Waals surface area contributed by atoms with Crippen molar-refractivity contribution in [3.8, 4) is 5.75 Å². The molecular weight excluding hydrogens is 326 g/mol. The molecule has 2 N–H and O–H groups in total. The van der Waals surface area contributed by atoms with Crippen molar-refractivity contribution in [3.63, 3.8) is 0 Å². The van der Waals surface area contributed by atoms with E-state index in [1.54, 1.807) is 14.2 Å². The molecule has 1 fully saturated rings. The van der Waals surface area contributed by atoms with Crippen LogP contribution in [0.2, 0.25) is 0 Å². The molecule has 2 rings (SSSR count). The number of hydrogen-bond acceptors (Lipinski definition) is 5. The maximum absolute atomic E-state index is 5.47. The van der Waals surface area contributed by atoms with Crippen LogP contribution < -0.4 is 10.5 Å². The lowest BCUT2D eigenvalue weighted by atomic mass is 9.91. The molecule has 0 aliphatic carbocycles. The maximum atomic E-state index is 5.47. The molecule has 0 saturated carbocycles. The van der Waals surface area contributed by atoms with E-state index < -0.39 is 0 Å². The summed E-state index contributed by atoms with van der Waals surface area (Å²) in [5.41, 5.74) is 7.52. The van der Waals surface area contributed by atoms with Crippen LogP contribution in [0.15, 0.2) is 53.8 Å². The average molecular weight is 357 g/mol. The zero-order valence-corrected chi connectivity index (χ0v) is 16.0. The van der Waals surface area contributed by atoms with Crippen molar-refractivity contribution < 1.29 is 9.47 Å². The molecule has 1 atom stereocenters. The van der Waals surface area contributed by atoms with Gasteiger partial charge in [0.15, 0.2) is 0 Å². The summed E-state index contributed by atoms with van der Waals surface area (Å²) in [5.74, 6) is 2.22. The second kappa shape index (κ2) is 10.7. The van der Waals surface area contributed by atoms with Crippen molar-refractivity contribution in [1.29, 1.82) is 0 Å². The number of piperidine rings is 1. The Bertz CT molecular complexity index is 640. The first-order valence-corrected chi connectivity index (χ1v) is 9.18. The highest BCUT2D eigenvalue weighted by atomic mass is 16.5. The number of nitrogens with two attached hydrogens (primary N) is 1. The number of likely N-dealkylation sites (tertiary alicyclic amines) is 1. The van der Waals surface area contributed by atoms with Gasteiger partial charge in [-0.1, -0.05) is 24.8 Å². The minimum atomic E-state index is 0.544. The number of hydrogen-bond donors (Lipinski definition) is 1. The molecule has 0 amide bonds. The highest BCUT2D eigenvalue weighted by Gasteiger charge is 2.21. The van der Waals surface area contributed by atoms with Crippen molar-refractivity contribution in [2.24, 2.45) is 16.6 Å². The molecule has 1 unspecified atom stereocenters. The molecule has 1 aromatic carbocycles. The first-order chi connectivity index (χ1) is 12.7. The van der Waals surface area contributed by atoms with Crippen LogP contribution in [0, 0.1) is 5.92 Å². The SMILES string of the molecule is C=C(CN1CCCC(CCc2ccccc2OC)C1)/C(=N\C=C/N)OC. The van der Waals surface area contributed by atoms with Gasteiger partial charge in [0.2, 0.25) is 5.90 Å². The smallest absolute Gasteiger partial charge is 0.216 e. The van der Waals surface area contributed by atoms with E-state index >= 15 is 0 Å². The van der Waals surface area contributed by atoms with Crippen LogP contribution in [0.4, 0.5) is 0 Å². The van der Waals surface area contributed by atoms with Gasteiger partial charge in [0, 0.05) is 31.1 Å². The van der Waals surface area contributed by atoms with Crippen molar-refractivity contribution in [2.45, 2.75) is 25.7 Å². The number of aliphatic imine (C=N–C) groups is 1. The van der Waals surface area contributed by atoms with Gasteiger partial charge >= 0.3 is 0 Å². The van der Waals surface area contributed by atoms with Gasteiger partial charge in [0.05, 0.1) is 14.2 Å². The number of para-hydroxylation sites is 1. The van der Waals surface area contributed by atoms with Crippen molar-refractivity contribution in [2.75, 3.05) is 33.9 Å². The third-order valence-electron chi connectivity index (χ3n) is 4.81. The van der Waals surface area contributed by atoms with E-state index in [4.69, 9.17) is 15.2 Å². The average Bonchev–Trinajstić information content (AvgIpc) is 2.67. The van der Waals surface area contributed by atoms with Gasteiger partial charge in [-0.3, -0.25) is 4.90 Å².